The van der Waals surface area contributed by atoms with Gasteiger partial charge in [0.2, 0.25) is 0 Å². The maximum atomic E-state index is 11.4. The van der Waals surface area contributed by atoms with E-state index in [0.717, 1.165) is 10.8 Å². The van der Waals surface area contributed by atoms with Gasteiger partial charge < -0.3 is 4.74 Å². The van der Waals surface area contributed by atoms with Gasteiger partial charge in [-0.3, -0.25) is 4.79 Å². The van der Waals surface area contributed by atoms with Crippen molar-refractivity contribution in [3.8, 4) is 5.75 Å². The summed E-state index contributed by atoms with van der Waals surface area (Å²) in [5.74, 6) is 0.584. The van der Waals surface area contributed by atoms with E-state index in [-0.39, 0.29) is 5.78 Å². The van der Waals surface area contributed by atoms with Crippen molar-refractivity contribution in [1.29, 1.82) is 0 Å². The number of benzene rings is 2. The van der Waals surface area contributed by atoms with E-state index < -0.39 is 0 Å². The first-order chi connectivity index (χ1) is 7.61. The number of methoxy groups -OCH3 is 1. The number of halogens is 1. The Hall–Kier alpha value is -1.54. The third-order valence-electron chi connectivity index (χ3n) is 2.50. The van der Waals surface area contributed by atoms with Crippen LogP contribution in [-0.2, 0) is 0 Å². The zero-order valence-corrected chi connectivity index (χ0v) is 9.84. The molecule has 0 aromatic heterocycles. The van der Waals surface area contributed by atoms with Crippen LogP contribution < -0.4 is 4.74 Å². The number of ether oxygens (including phenoxy) is 1. The lowest BCUT2D eigenvalue weighted by atomic mass is 10.0. The Morgan fingerprint density at radius 2 is 1.94 bits per heavy atom. The first kappa shape index (κ1) is 11.0. The normalized spacial score (nSPS) is 10.4. The van der Waals surface area contributed by atoms with Crippen molar-refractivity contribution in [2.75, 3.05) is 7.11 Å². The van der Waals surface area contributed by atoms with Crippen LogP contribution in [0.4, 0.5) is 0 Å². The molecule has 0 bridgehead atoms. The lowest BCUT2D eigenvalue weighted by Crippen LogP contribution is -1.97. The minimum Gasteiger partial charge on any atom is -0.496 e. The molecule has 0 spiro atoms. The maximum absolute atomic E-state index is 11.4. The molecule has 3 heteroatoms. The maximum Gasteiger partial charge on any atom is 0.163 e. The molecular weight excluding hydrogens is 224 g/mol. The topological polar surface area (TPSA) is 26.3 Å². The molecule has 0 aliphatic rings. The molecule has 0 aliphatic heterocycles. The Balaban J connectivity index is 2.75. The van der Waals surface area contributed by atoms with Gasteiger partial charge >= 0.3 is 0 Å². The SMILES string of the molecule is COc1cc2ccc(Cl)cc2cc1C(C)=O. The zero-order valence-electron chi connectivity index (χ0n) is 9.08. The molecule has 0 heterocycles. The van der Waals surface area contributed by atoms with Crippen LogP contribution >= 0.6 is 11.6 Å². The number of ketones is 1. The molecule has 0 radical (unpaired) electrons. The van der Waals surface area contributed by atoms with Gasteiger partial charge in [-0.05, 0) is 42.0 Å². The van der Waals surface area contributed by atoms with Crippen molar-refractivity contribution >= 4 is 28.2 Å². The molecule has 0 fully saturated rings. The first-order valence-electron chi connectivity index (χ1n) is 4.90. The standard InChI is InChI=1S/C13H11ClO2/c1-8(15)12-6-10-5-11(14)4-3-9(10)7-13(12)16-2/h3-7H,1-2H3. The molecule has 0 aliphatic carbocycles. The van der Waals surface area contributed by atoms with Crippen molar-refractivity contribution in [2.24, 2.45) is 0 Å². The van der Waals surface area contributed by atoms with Gasteiger partial charge in [0.15, 0.2) is 5.78 Å². The molecule has 2 nitrogen and oxygen atoms in total. The van der Waals surface area contributed by atoms with E-state index in [4.69, 9.17) is 16.3 Å². The van der Waals surface area contributed by atoms with Crippen molar-refractivity contribution in [1.82, 2.24) is 0 Å². The van der Waals surface area contributed by atoms with Gasteiger partial charge in [-0.1, -0.05) is 17.7 Å². The van der Waals surface area contributed by atoms with Crippen LogP contribution in [-0.4, -0.2) is 12.9 Å². The molecule has 2 aromatic carbocycles. The van der Waals surface area contributed by atoms with Crippen LogP contribution in [0, 0.1) is 0 Å². The smallest absolute Gasteiger partial charge is 0.163 e. The van der Waals surface area contributed by atoms with E-state index >= 15 is 0 Å². The molecule has 0 unspecified atom stereocenters. The number of carbonyl (C=O) groups excluding carboxylic acids is 1. The summed E-state index contributed by atoms with van der Waals surface area (Å²) < 4.78 is 5.19. The Kier molecular flexibility index (Phi) is 2.84. The van der Waals surface area contributed by atoms with Crippen molar-refractivity contribution in [3.63, 3.8) is 0 Å². The van der Waals surface area contributed by atoms with Gasteiger partial charge in [0, 0.05) is 5.02 Å². The van der Waals surface area contributed by atoms with Crippen LogP contribution in [0.3, 0.4) is 0 Å². The highest BCUT2D eigenvalue weighted by Gasteiger charge is 2.09. The monoisotopic (exact) mass is 234 g/mol. The van der Waals surface area contributed by atoms with E-state index in [1.54, 1.807) is 7.11 Å². The summed E-state index contributed by atoms with van der Waals surface area (Å²) in [6.45, 7) is 1.52. The quantitative estimate of drug-likeness (QED) is 0.741. The fourth-order valence-electron chi connectivity index (χ4n) is 1.69. The minimum atomic E-state index is -0.0151. The Labute approximate surface area is 98.8 Å². The fraction of sp³-hybridized carbons (Fsp3) is 0.154. The third-order valence-corrected chi connectivity index (χ3v) is 2.74. The predicted molar refractivity (Wildman–Crippen MR) is 65.5 cm³/mol. The van der Waals surface area contributed by atoms with E-state index in [1.807, 2.05) is 30.3 Å². The first-order valence-corrected chi connectivity index (χ1v) is 5.28. The number of rotatable bonds is 2. The number of hydrogen-bond acceptors (Lipinski definition) is 2. The Bertz CT molecular complexity index is 561. The highest BCUT2D eigenvalue weighted by Crippen LogP contribution is 2.28. The molecule has 82 valence electrons. The van der Waals surface area contributed by atoms with E-state index in [2.05, 4.69) is 0 Å². The van der Waals surface area contributed by atoms with Gasteiger partial charge in [-0.25, -0.2) is 0 Å². The van der Waals surface area contributed by atoms with Crippen LogP contribution in [0.25, 0.3) is 10.8 Å². The summed E-state index contributed by atoms with van der Waals surface area (Å²) in [5.41, 5.74) is 0.581. The summed E-state index contributed by atoms with van der Waals surface area (Å²) in [6.07, 6.45) is 0. The molecular formula is C13H11ClO2. The number of Topliss-reactive ketones (excluding diaryl/α,β-unsaturated/α-hetero) is 1. The van der Waals surface area contributed by atoms with Crippen LogP contribution in [0.5, 0.6) is 5.75 Å². The van der Waals surface area contributed by atoms with Gasteiger partial charge in [0.05, 0.1) is 12.7 Å². The summed E-state index contributed by atoms with van der Waals surface area (Å²) >= 11 is 5.91. The van der Waals surface area contributed by atoms with Gasteiger partial charge in [0.25, 0.3) is 0 Å². The van der Waals surface area contributed by atoms with Gasteiger partial charge in [0.1, 0.15) is 5.75 Å². The molecule has 0 N–H and O–H groups in total. The van der Waals surface area contributed by atoms with Crippen molar-refractivity contribution < 1.29 is 9.53 Å². The average Bonchev–Trinajstić information content (AvgIpc) is 2.27. The number of fused-ring (bicyclic) bond motifs is 1. The average molecular weight is 235 g/mol. The lowest BCUT2D eigenvalue weighted by molar-refractivity contribution is 0.101. The van der Waals surface area contributed by atoms with E-state index in [0.29, 0.717) is 16.3 Å². The minimum absolute atomic E-state index is 0.0151. The summed E-state index contributed by atoms with van der Waals surface area (Å²) in [6, 6.07) is 9.22. The van der Waals surface area contributed by atoms with Crippen LogP contribution in [0.15, 0.2) is 30.3 Å². The highest BCUT2D eigenvalue weighted by molar-refractivity contribution is 6.31. The van der Waals surface area contributed by atoms with Gasteiger partial charge in [-0.2, -0.15) is 0 Å². The largest absolute Gasteiger partial charge is 0.496 e. The number of hydrogen-bond donors (Lipinski definition) is 0. The third kappa shape index (κ3) is 1.89. The highest BCUT2D eigenvalue weighted by atomic mass is 35.5. The second-order valence-electron chi connectivity index (χ2n) is 3.60. The Morgan fingerprint density at radius 3 is 2.56 bits per heavy atom. The van der Waals surface area contributed by atoms with E-state index in [9.17, 15) is 4.79 Å². The summed E-state index contributed by atoms with van der Waals surface area (Å²) in [4.78, 5) is 11.4. The second kappa shape index (κ2) is 4.14. The number of carbonyl (C=O) groups is 1. The Morgan fingerprint density at radius 1 is 1.19 bits per heavy atom. The molecule has 2 aromatic rings. The lowest BCUT2D eigenvalue weighted by Gasteiger charge is -2.08. The molecule has 0 saturated carbocycles. The van der Waals surface area contributed by atoms with Crippen LogP contribution in [0.1, 0.15) is 17.3 Å². The fourth-order valence-corrected chi connectivity index (χ4v) is 1.87. The molecule has 16 heavy (non-hydrogen) atoms. The van der Waals surface area contributed by atoms with Gasteiger partial charge in [-0.15, -0.1) is 0 Å². The van der Waals surface area contributed by atoms with Crippen LogP contribution in [0.2, 0.25) is 5.02 Å². The zero-order chi connectivity index (χ0) is 11.7. The van der Waals surface area contributed by atoms with E-state index in [1.165, 1.54) is 6.92 Å². The van der Waals surface area contributed by atoms with Crippen molar-refractivity contribution in [2.45, 2.75) is 6.92 Å². The van der Waals surface area contributed by atoms with Crippen molar-refractivity contribution in [3.05, 3.63) is 40.9 Å². The summed E-state index contributed by atoms with van der Waals surface area (Å²) in [5, 5.41) is 2.61. The summed E-state index contributed by atoms with van der Waals surface area (Å²) in [7, 11) is 1.56. The molecule has 0 atom stereocenters. The predicted octanol–water partition coefficient (Wildman–Crippen LogP) is 3.70. The molecule has 0 amide bonds. The molecule has 2 rings (SSSR count). The molecule has 0 saturated heterocycles. The second-order valence-corrected chi connectivity index (χ2v) is 4.04.